The summed E-state index contributed by atoms with van der Waals surface area (Å²) in [7, 11) is 0. The molecule has 1 heterocycles. The number of nitrogens with zero attached hydrogens (tertiary/aromatic N) is 1. The van der Waals surface area contributed by atoms with Gasteiger partial charge in [-0.05, 0) is 53.3 Å². The van der Waals surface area contributed by atoms with Crippen molar-refractivity contribution in [2.24, 2.45) is 5.73 Å². The Balaban J connectivity index is 0.000000260. The Bertz CT molecular complexity index is 840. The van der Waals surface area contributed by atoms with Crippen molar-refractivity contribution >= 4 is 23.6 Å². The van der Waals surface area contributed by atoms with Crippen molar-refractivity contribution in [1.29, 1.82) is 0 Å². The van der Waals surface area contributed by atoms with Gasteiger partial charge < -0.3 is 15.9 Å². The van der Waals surface area contributed by atoms with E-state index in [4.69, 9.17) is 15.9 Å². The molecule has 0 saturated heterocycles. The summed E-state index contributed by atoms with van der Waals surface area (Å²) in [4.78, 5) is 23.6. The van der Waals surface area contributed by atoms with Crippen LogP contribution in [0.1, 0.15) is 28.8 Å². The Morgan fingerprint density at radius 3 is 2.42 bits per heavy atom. The number of hydrogen-bond donors (Lipinski definition) is 3. The Labute approximate surface area is 151 Å². The van der Waals surface area contributed by atoms with E-state index in [1.807, 2.05) is 12.3 Å². The molecule has 6 heteroatoms. The van der Waals surface area contributed by atoms with E-state index in [-0.39, 0.29) is 0 Å². The van der Waals surface area contributed by atoms with Crippen LogP contribution in [0.5, 0.6) is 0 Å². The molecule has 6 nitrogen and oxygen atoms in total. The summed E-state index contributed by atoms with van der Waals surface area (Å²) < 4.78 is 0. The normalized spacial score (nSPS) is 12.6. The predicted octanol–water partition coefficient (Wildman–Crippen LogP) is 2.74. The number of carboxylic acids is 2. The third-order valence-electron chi connectivity index (χ3n) is 3.81. The van der Waals surface area contributed by atoms with Gasteiger partial charge >= 0.3 is 11.9 Å². The topological polar surface area (TPSA) is 114 Å². The summed E-state index contributed by atoms with van der Waals surface area (Å²) in [6.45, 7) is 0.569. The quantitative estimate of drug-likeness (QED) is 0.729. The number of benzene rings is 1. The molecule has 0 bridgehead atoms. The van der Waals surface area contributed by atoms with Gasteiger partial charge in [-0.3, -0.25) is 4.98 Å². The van der Waals surface area contributed by atoms with Crippen molar-refractivity contribution in [3.63, 3.8) is 0 Å². The molecule has 1 aromatic carbocycles. The fourth-order valence-electron chi connectivity index (χ4n) is 2.55. The molecular weight excluding hydrogens is 332 g/mol. The fourth-order valence-corrected chi connectivity index (χ4v) is 2.55. The highest BCUT2D eigenvalue weighted by atomic mass is 16.4. The third-order valence-corrected chi connectivity index (χ3v) is 3.81. The molecule has 0 unspecified atom stereocenters. The molecule has 4 N–H and O–H groups in total. The lowest BCUT2D eigenvalue weighted by molar-refractivity contribution is -0.134. The Morgan fingerprint density at radius 1 is 1.08 bits per heavy atom. The number of allylic oxidation sites excluding steroid dienone is 1. The molecule has 1 aliphatic rings. The average molecular weight is 352 g/mol. The second-order valence-corrected chi connectivity index (χ2v) is 5.63. The van der Waals surface area contributed by atoms with Gasteiger partial charge in [0.15, 0.2) is 0 Å². The first kappa shape index (κ1) is 19.1. The molecule has 3 rings (SSSR count). The predicted molar refractivity (Wildman–Crippen MR) is 99.2 cm³/mol. The molecule has 0 saturated carbocycles. The molecule has 0 amide bonds. The van der Waals surface area contributed by atoms with E-state index in [1.165, 1.54) is 16.7 Å². The Morgan fingerprint density at radius 2 is 1.77 bits per heavy atom. The third kappa shape index (κ3) is 5.68. The van der Waals surface area contributed by atoms with Crippen molar-refractivity contribution in [1.82, 2.24) is 4.98 Å². The molecular formula is C20H20N2O4. The Kier molecular flexibility index (Phi) is 6.82. The van der Waals surface area contributed by atoms with Crippen LogP contribution in [0, 0.1) is 0 Å². The summed E-state index contributed by atoms with van der Waals surface area (Å²) in [6, 6.07) is 12.6. The molecule has 26 heavy (non-hydrogen) atoms. The van der Waals surface area contributed by atoms with Gasteiger partial charge in [0.25, 0.3) is 0 Å². The summed E-state index contributed by atoms with van der Waals surface area (Å²) in [5.74, 6) is -2.51. The standard InChI is InChI=1S/C16H16N2.C4H4O4/c17-11-12-7-8-18-16(9-12)15-6-5-13-3-1-2-4-14(13)10-15;5-3(6)1-2-4(7)8/h1-4,7-10H,5-6,11,17H2;1-2H,(H,5,6)(H,7,8)/b;2-1+. The number of rotatable bonds is 4. The van der Waals surface area contributed by atoms with Crippen LogP contribution < -0.4 is 5.73 Å². The molecule has 1 aliphatic carbocycles. The van der Waals surface area contributed by atoms with Gasteiger partial charge in [0, 0.05) is 24.9 Å². The highest BCUT2D eigenvalue weighted by Gasteiger charge is 2.12. The summed E-state index contributed by atoms with van der Waals surface area (Å²) in [5.41, 5.74) is 11.9. The van der Waals surface area contributed by atoms with Gasteiger partial charge in [-0.1, -0.05) is 24.3 Å². The first-order valence-corrected chi connectivity index (χ1v) is 8.07. The lowest BCUT2D eigenvalue weighted by Gasteiger charge is -2.16. The minimum Gasteiger partial charge on any atom is -0.478 e. The zero-order valence-electron chi connectivity index (χ0n) is 14.1. The zero-order valence-corrected chi connectivity index (χ0v) is 14.1. The van der Waals surface area contributed by atoms with Crippen LogP contribution in [0.25, 0.3) is 11.6 Å². The number of aliphatic carboxylic acids is 2. The minimum absolute atomic E-state index is 0.558. The number of aromatic nitrogens is 1. The van der Waals surface area contributed by atoms with Crippen LogP contribution >= 0.6 is 0 Å². The maximum Gasteiger partial charge on any atom is 0.328 e. The smallest absolute Gasteiger partial charge is 0.328 e. The van der Waals surface area contributed by atoms with E-state index in [2.05, 4.69) is 41.4 Å². The molecule has 1 aromatic heterocycles. The number of aryl methyl sites for hydroxylation is 1. The number of nitrogens with two attached hydrogens (primary N) is 1. The van der Waals surface area contributed by atoms with Gasteiger partial charge in [-0.15, -0.1) is 0 Å². The summed E-state index contributed by atoms with van der Waals surface area (Å²) >= 11 is 0. The van der Waals surface area contributed by atoms with E-state index < -0.39 is 11.9 Å². The van der Waals surface area contributed by atoms with Crippen LogP contribution in [0.4, 0.5) is 0 Å². The number of fused-ring (bicyclic) bond motifs is 1. The van der Waals surface area contributed by atoms with Crippen LogP contribution in [0.2, 0.25) is 0 Å². The molecule has 0 atom stereocenters. The van der Waals surface area contributed by atoms with E-state index in [1.54, 1.807) is 0 Å². The highest BCUT2D eigenvalue weighted by Crippen LogP contribution is 2.29. The van der Waals surface area contributed by atoms with Crippen molar-refractivity contribution in [3.8, 4) is 0 Å². The van der Waals surface area contributed by atoms with Crippen molar-refractivity contribution in [3.05, 3.63) is 77.1 Å². The molecule has 0 aliphatic heterocycles. The van der Waals surface area contributed by atoms with Crippen LogP contribution in [-0.2, 0) is 22.6 Å². The van der Waals surface area contributed by atoms with Gasteiger partial charge in [-0.2, -0.15) is 0 Å². The molecule has 134 valence electrons. The van der Waals surface area contributed by atoms with Crippen LogP contribution in [0.3, 0.4) is 0 Å². The van der Waals surface area contributed by atoms with Gasteiger partial charge in [0.1, 0.15) is 0 Å². The maximum atomic E-state index is 9.55. The van der Waals surface area contributed by atoms with Gasteiger partial charge in [0.2, 0.25) is 0 Å². The highest BCUT2D eigenvalue weighted by molar-refractivity contribution is 5.89. The van der Waals surface area contributed by atoms with E-state index >= 15 is 0 Å². The monoisotopic (exact) mass is 352 g/mol. The molecule has 2 aromatic rings. The molecule has 0 radical (unpaired) electrons. The summed E-state index contributed by atoms with van der Waals surface area (Å²) in [5, 5.41) is 15.6. The largest absolute Gasteiger partial charge is 0.478 e. The molecule has 0 fully saturated rings. The van der Waals surface area contributed by atoms with Crippen molar-refractivity contribution in [2.45, 2.75) is 19.4 Å². The first-order valence-electron chi connectivity index (χ1n) is 8.07. The van der Waals surface area contributed by atoms with Crippen LogP contribution in [0.15, 0.2) is 54.7 Å². The average Bonchev–Trinajstić information content (AvgIpc) is 2.66. The Hall–Kier alpha value is -3.25. The second kappa shape index (κ2) is 9.29. The zero-order chi connectivity index (χ0) is 18.9. The van der Waals surface area contributed by atoms with Crippen molar-refractivity contribution in [2.75, 3.05) is 0 Å². The van der Waals surface area contributed by atoms with Gasteiger partial charge in [0.05, 0.1) is 5.69 Å². The molecule has 0 spiro atoms. The van der Waals surface area contributed by atoms with Gasteiger partial charge in [-0.25, -0.2) is 9.59 Å². The summed E-state index contributed by atoms with van der Waals surface area (Å²) in [6.07, 6.45) is 7.36. The lowest BCUT2D eigenvalue weighted by Crippen LogP contribution is -2.02. The maximum absolute atomic E-state index is 9.55. The first-order chi connectivity index (χ1) is 12.5. The number of pyridine rings is 1. The van der Waals surface area contributed by atoms with E-state index in [0.29, 0.717) is 18.7 Å². The lowest BCUT2D eigenvalue weighted by atomic mass is 9.90. The SMILES string of the molecule is NCc1ccnc(C2=Cc3ccccc3CC2)c1.O=C(O)/C=C/C(=O)O. The second-order valence-electron chi connectivity index (χ2n) is 5.63. The van der Waals surface area contributed by atoms with Crippen molar-refractivity contribution < 1.29 is 19.8 Å². The fraction of sp³-hybridized carbons (Fsp3) is 0.150. The van der Waals surface area contributed by atoms with Crippen LogP contribution in [-0.4, -0.2) is 27.1 Å². The number of carboxylic acid groups (broad SMARTS) is 2. The minimum atomic E-state index is -1.26. The van der Waals surface area contributed by atoms with E-state index in [0.717, 1.165) is 24.1 Å². The van der Waals surface area contributed by atoms with E-state index in [9.17, 15) is 9.59 Å². The number of carbonyl (C=O) groups is 2. The number of hydrogen-bond acceptors (Lipinski definition) is 4.